The number of ether oxygens (including phenoxy) is 1. The lowest BCUT2D eigenvalue weighted by Crippen LogP contribution is -2.24. The summed E-state index contributed by atoms with van der Waals surface area (Å²) in [5.74, 6) is 0.350. The van der Waals surface area contributed by atoms with Crippen molar-refractivity contribution in [1.82, 2.24) is 5.32 Å². The lowest BCUT2D eigenvalue weighted by Gasteiger charge is -2.07. The first kappa shape index (κ1) is 10.9. The van der Waals surface area contributed by atoms with Crippen molar-refractivity contribution in [2.75, 3.05) is 13.7 Å². The van der Waals surface area contributed by atoms with E-state index in [0.717, 1.165) is 5.56 Å². The predicted octanol–water partition coefficient (Wildman–Crippen LogP) is 1.77. The Kier molecular flexibility index (Phi) is 3.77. The van der Waals surface area contributed by atoms with Crippen LogP contribution in [0.4, 0.5) is 0 Å². The third kappa shape index (κ3) is 2.92. The summed E-state index contributed by atoms with van der Waals surface area (Å²) >= 11 is 5.90. The van der Waals surface area contributed by atoms with Gasteiger partial charge < -0.3 is 10.1 Å². The summed E-state index contributed by atoms with van der Waals surface area (Å²) in [6.45, 7) is 1.92. The molecule has 0 aliphatic heterocycles. The van der Waals surface area contributed by atoms with Crippen LogP contribution in [0.2, 0.25) is 5.02 Å². The Labute approximate surface area is 88.0 Å². The van der Waals surface area contributed by atoms with Crippen molar-refractivity contribution in [3.63, 3.8) is 0 Å². The molecule has 0 aliphatic rings. The molecule has 1 aromatic carbocycles. The highest BCUT2D eigenvalue weighted by Crippen LogP contribution is 2.24. The van der Waals surface area contributed by atoms with E-state index in [1.165, 1.54) is 0 Å². The molecule has 14 heavy (non-hydrogen) atoms. The molecule has 0 aromatic heterocycles. The maximum atomic E-state index is 10.9. The van der Waals surface area contributed by atoms with Crippen molar-refractivity contribution in [3.05, 3.63) is 28.8 Å². The first-order valence-corrected chi connectivity index (χ1v) is 4.61. The standard InChI is InChI=1S/C10H12ClNO2/c1-7-3-4-9(8(11)5-7)14-6-10(13)12-2/h3-5H,6H2,1-2H3,(H,12,13). The molecule has 1 amide bonds. The number of hydrogen-bond acceptors (Lipinski definition) is 2. The fourth-order valence-electron chi connectivity index (χ4n) is 0.938. The molecule has 0 spiro atoms. The monoisotopic (exact) mass is 213 g/mol. The Hall–Kier alpha value is -1.22. The van der Waals surface area contributed by atoms with E-state index in [9.17, 15) is 4.79 Å². The van der Waals surface area contributed by atoms with Gasteiger partial charge in [-0.05, 0) is 24.6 Å². The minimum absolute atomic E-state index is 0.0146. The molecule has 1 N–H and O–H groups in total. The second kappa shape index (κ2) is 4.86. The van der Waals surface area contributed by atoms with E-state index in [-0.39, 0.29) is 12.5 Å². The van der Waals surface area contributed by atoms with Crippen LogP contribution < -0.4 is 10.1 Å². The summed E-state index contributed by atoms with van der Waals surface area (Å²) in [6, 6.07) is 5.42. The average Bonchev–Trinajstić information content (AvgIpc) is 2.16. The van der Waals surface area contributed by atoms with Crippen LogP contribution in [0.5, 0.6) is 5.75 Å². The third-order valence-electron chi connectivity index (χ3n) is 1.72. The Morgan fingerprint density at radius 3 is 2.86 bits per heavy atom. The van der Waals surface area contributed by atoms with Gasteiger partial charge in [0.2, 0.25) is 0 Å². The smallest absolute Gasteiger partial charge is 0.257 e. The highest BCUT2D eigenvalue weighted by molar-refractivity contribution is 6.32. The quantitative estimate of drug-likeness (QED) is 0.831. The lowest BCUT2D eigenvalue weighted by molar-refractivity contribution is -0.122. The molecular weight excluding hydrogens is 202 g/mol. The first-order chi connectivity index (χ1) is 6.63. The topological polar surface area (TPSA) is 38.3 Å². The molecule has 0 bridgehead atoms. The van der Waals surface area contributed by atoms with Crippen molar-refractivity contribution in [2.45, 2.75) is 6.92 Å². The van der Waals surface area contributed by atoms with Gasteiger partial charge in [-0.15, -0.1) is 0 Å². The van der Waals surface area contributed by atoms with Crippen molar-refractivity contribution in [2.24, 2.45) is 0 Å². The minimum atomic E-state index is -0.179. The lowest BCUT2D eigenvalue weighted by atomic mass is 10.2. The van der Waals surface area contributed by atoms with E-state index in [0.29, 0.717) is 10.8 Å². The number of amides is 1. The summed E-state index contributed by atoms with van der Waals surface area (Å²) in [5.41, 5.74) is 1.06. The minimum Gasteiger partial charge on any atom is -0.482 e. The van der Waals surface area contributed by atoms with Crippen LogP contribution in [0.25, 0.3) is 0 Å². The number of rotatable bonds is 3. The van der Waals surface area contributed by atoms with Gasteiger partial charge in [-0.25, -0.2) is 0 Å². The van der Waals surface area contributed by atoms with Gasteiger partial charge in [-0.1, -0.05) is 17.7 Å². The maximum Gasteiger partial charge on any atom is 0.257 e. The van der Waals surface area contributed by atoms with E-state index in [1.54, 1.807) is 19.2 Å². The van der Waals surface area contributed by atoms with Crippen LogP contribution in [0, 0.1) is 6.92 Å². The van der Waals surface area contributed by atoms with Gasteiger partial charge in [0.1, 0.15) is 5.75 Å². The largest absolute Gasteiger partial charge is 0.482 e. The Balaban J connectivity index is 2.63. The fourth-order valence-corrected chi connectivity index (χ4v) is 1.23. The number of aryl methyl sites for hydroxylation is 1. The molecular formula is C10H12ClNO2. The van der Waals surface area contributed by atoms with Crippen LogP contribution in [0.3, 0.4) is 0 Å². The number of hydrogen-bond donors (Lipinski definition) is 1. The van der Waals surface area contributed by atoms with E-state index in [1.807, 2.05) is 13.0 Å². The third-order valence-corrected chi connectivity index (χ3v) is 2.02. The molecule has 0 saturated carbocycles. The van der Waals surface area contributed by atoms with Gasteiger partial charge in [0.15, 0.2) is 6.61 Å². The van der Waals surface area contributed by atoms with Gasteiger partial charge in [-0.2, -0.15) is 0 Å². The zero-order valence-corrected chi connectivity index (χ0v) is 8.89. The molecule has 0 heterocycles. The van der Waals surface area contributed by atoms with Crippen molar-refractivity contribution in [3.8, 4) is 5.75 Å². The molecule has 0 saturated heterocycles. The van der Waals surface area contributed by atoms with E-state index in [2.05, 4.69) is 5.32 Å². The van der Waals surface area contributed by atoms with Crippen molar-refractivity contribution < 1.29 is 9.53 Å². The van der Waals surface area contributed by atoms with Crippen molar-refractivity contribution in [1.29, 1.82) is 0 Å². The molecule has 4 heteroatoms. The number of carbonyl (C=O) groups is 1. The van der Waals surface area contributed by atoms with Gasteiger partial charge in [0.25, 0.3) is 5.91 Å². The van der Waals surface area contributed by atoms with Gasteiger partial charge in [-0.3, -0.25) is 4.79 Å². The number of carbonyl (C=O) groups excluding carboxylic acids is 1. The Bertz CT molecular complexity index is 339. The number of nitrogens with one attached hydrogen (secondary N) is 1. The number of likely N-dealkylation sites (N-methyl/N-ethyl adjacent to an activating group) is 1. The molecule has 1 rings (SSSR count). The zero-order valence-electron chi connectivity index (χ0n) is 8.13. The molecule has 76 valence electrons. The van der Waals surface area contributed by atoms with Crippen molar-refractivity contribution >= 4 is 17.5 Å². The molecule has 1 aromatic rings. The molecule has 0 aliphatic carbocycles. The zero-order chi connectivity index (χ0) is 10.6. The molecule has 0 fully saturated rings. The van der Waals surface area contributed by atoms with Crippen LogP contribution >= 0.6 is 11.6 Å². The van der Waals surface area contributed by atoms with Gasteiger partial charge in [0, 0.05) is 7.05 Å². The average molecular weight is 214 g/mol. The number of halogens is 1. The Morgan fingerprint density at radius 1 is 1.57 bits per heavy atom. The highest BCUT2D eigenvalue weighted by atomic mass is 35.5. The highest BCUT2D eigenvalue weighted by Gasteiger charge is 2.03. The van der Waals surface area contributed by atoms with E-state index < -0.39 is 0 Å². The molecule has 0 unspecified atom stereocenters. The molecule has 0 radical (unpaired) electrons. The molecule has 3 nitrogen and oxygen atoms in total. The van der Waals surface area contributed by atoms with Crippen LogP contribution in [0.15, 0.2) is 18.2 Å². The normalized spacial score (nSPS) is 9.64. The van der Waals surface area contributed by atoms with E-state index in [4.69, 9.17) is 16.3 Å². The predicted molar refractivity (Wildman–Crippen MR) is 55.8 cm³/mol. The van der Waals surface area contributed by atoms with Crippen LogP contribution in [0.1, 0.15) is 5.56 Å². The van der Waals surface area contributed by atoms with Crippen LogP contribution in [-0.4, -0.2) is 19.6 Å². The number of benzene rings is 1. The van der Waals surface area contributed by atoms with Crippen LogP contribution in [-0.2, 0) is 4.79 Å². The SMILES string of the molecule is CNC(=O)COc1ccc(C)cc1Cl. The first-order valence-electron chi connectivity index (χ1n) is 4.23. The summed E-state index contributed by atoms with van der Waals surface area (Å²) < 4.78 is 5.20. The second-order valence-corrected chi connectivity index (χ2v) is 3.30. The Morgan fingerprint density at radius 2 is 2.29 bits per heavy atom. The summed E-state index contributed by atoms with van der Waals surface area (Å²) in [5, 5.41) is 2.98. The van der Waals surface area contributed by atoms with Gasteiger partial charge in [0.05, 0.1) is 5.02 Å². The fraction of sp³-hybridized carbons (Fsp3) is 0.300. The summed E-state index contributed by atoms with van der Waals surface area (Å²) in [7, 11) is 1.56. The summed E-state index contributed by atoms with van der Waals surface area (Å²) in [6.07, 6.45) is 0. The second-order valence-electron chi connectivity index (χ2n) is 2.90. The van der Waals surface area contributed by atoms with Gasteiger partial charge >= 0.3 is 0 Å². The summed E-state index contributed by atoms with van der Waals surface area (Å²) in [4.78, 5) is 10.9. The maximum absolute atomic E-state index is 10.9. The van der Waals surface area contributed by atoms with E-state index >= 15 is 0 Å². The molecule has 0 atom stereocenters.